The van der Waals surface area contributed by atoms with Gasteiger partial charge >= 0.3 is 5.97 Å². The summed E-state index contributed by atoms with van der Waals surface area (Å²) < 4.78 is 11.2. The summed E-state index contributed by atoms with van der Waals surface area (Å²) in [5, 5.41) is 53.3. The molecular formula is C29H44O8. The van der Waals surface area contributed by atoms with Crippen molar-refractivity contribution in [1.82, 2.24) is 0 Å². The largest absolute Gasteiger partial charge is 0.458 e. The molecule has 5 N–H and O–H groups in total. The summed E-state index contributed by atoms with van der Waals surface area (Å²) in [7, 11) is 0. The number of aliphatic hydroxyl groups is 5. The maximum atomic E-state index is 12.4. The maximum Gasteiger partial charge on any atom is 0.331 e. The van der Waals surface area contributed by atoms with E-state index >= 15 is 0 Å². The Kier molecular flexibility index (Phi) is 6.37. The number of cyclic esters (lactones) is 1. The Morgan fingerprint density at radius 1 is 0.946 bits per heavy atom. The van der Waals surface area contributed by atoms with Crippen LogP contribution in [-0.4, -0.2) is 80.8 Å². The number of carbonyl (C=O) groups is 1. The van der Waals surface area contributed by atoms with Crippen LogP contribution in [0.4, 0.5) is 0 Å². The molecule has 8 nitrogen and oxygen atoms in total. The third-order valence-electron chi connectivity index (χ3n) is 12.4. The number of ether oxygens (including phenoxy) is 2. The van der Waals surface area contributed by atoms with Gasteiger partial charge in [-0.15, -0.1) is 0 Å². The lowest BCUT2D eigenvalue weighted by Crippen LogP contribution is -2.63. The quantitative estimate of drug-likeness (QED) is 0.355. The Morgan fingerprint density at radius 2 is 1.73 bits per heavy atom. The van der Waals surface area contributed by atoms with E-state index in [0.29, 0.717) is 18.4 Å². The number of fused-ring (bicyclic) bond motifs is 5. The van der Waals surface area contributed by atoms with Gasteiger partial charge in [0.15, 0.2) is 0 Å². The van der Waals surface area contributed by atoms with Gasteiger partial charge in [0.05, 0.1) is 18.3 Å². The molecule has 0 radical (unpaired) electrons. The van der Waals surface area contributed by atoms with Crippen LogP contribution in [0.25, 0.3) is 0 Å². The van der Waals surface area contributed by atoms with Crippen LogP contribution in [0.15, 0.2) is 11.6 Å². The molecular weight excluding hydrogens is 476 g/mol. The molecule has 1 unspecified atom stereocenters. The van der Waals surface area contributed by atoms with Crippen molar-refractivity contribution >= 4 is 5.97 Å². The van der Waals surface area contributed by atoms with Crippen molar-refractivity contribution in [3.05, 3.63) is 11.6 Å². The van der Waals surface area contributed by atoms with Crippen molar-refractivity contribution in [1.29, 1.82) is 0 Å². The van der Waals surface area contributed by atoms with Gasteiger partial charge in [0.2, 0.25) is 0 Å². The summed E-state index contributed by atoms with van der Waals surface area (Å²) in [4.78, 5) is 11.8. The summed E-state index contributed by atoms with van der Waals surface area (Å²) in [5.41, 5.74) is 0.163. The van der Waals surface area contributed by atoms with E-state index in [4.69, 9.17) is 9.47 Å². The van der Waals surface area contributed by atoms with Crippen LogP contribution in [0.1, 0.15) is 71.6 Å². The van der Waals surface area contributed by atoms with E-state index in [1.165, 1.54) is 0 Å². The zero-order valence-electron chi connectivity index (χ0n) is 22.1. The van der Waals surface area contributed by atoms with Gasteiger partial charge in [-0.25, -0.2) is 4.79 Å². The van der Waals surface area contributed by atoms with E-state index in [1.807, 2.05) is 0 Å². The standard InChI is InChI=1S/C29H44O8/c1-27-8-5-15(26-25(34)24(33)23(32)21(13-30)37-26)11-17(27)3-4-20-19(27)6-9-28(2)18(7-10-29(20,28)35)16-12-22(31)36-14-16/h12,15,17-21,23-26,30,32-35H,3-11,13-14H2,1-2H3/t15-,17+,18+,19-,20+,21+,23+,24-,25+,26?,27-,28+,29-/m0/s1. The number of hydrogen-bond donors (Lipinski definition) is 5. The third kappa shape index (κ3) is 3.66. The molecule has 4 saturated carbocycles. The number of carbonyl (C=O) groups excluding carboxylic acids is 1. The van der Waals surface area contributed by atoms with Gasteiger partial charge in [0.1, 0.15) is 31.0 Å². The molecule has 6 rings (SSSR count). The van der Waals surface area contributed by atoms with Gasteiger partial charge in [-0.05, 0) is 98.4 Å². The smallest absolute Gasteiger partial charge is 0.331 e. The number of esters is 1. The summed E-state index contributed by atoms with van der Waals surface area (Å²) in [6.45, 7) is 4.62. The molecule has 1 saturated heterocycles. The van der Waals surface area contributed by atoms with Crippen molar-refractivity contribution < 1.29 is 39.8 Å². The Labute approximate surface area is 219 Å². The van der Waals surface area contributed by atoms with Gasteiger partial charge in [-0.3, -0.25) is 0 Å². The van der Waals surface area contributed by atoms with E-state index in [0.717, 1.165) is 63.4 Å². The lowest BCUT2D eigenvalue weighted by Gasteiger charge is -2.64. The molecule has 6 aliphatic rings. The predicted octanol–water partition coefficient (Wildman–Crippen LogP) is 1.70. The first-order valence-electron chi connectivity index (χ1n) is 14.4. The molecule has 0 bridgehead atoms. The lowest BCUT2D eigenvalue weighted by molar-refractivity contribution is -0.251. The van der Waals surface area contributed by atoms with Crippen molar-refractivity contribution in [2.24, 2.45) is 40.4 Å². The monoisotopic (exact) mass is 520 g/mol. The van der Waals surface area contributed by atoms with E-state index in [9.17, 15) is 30.3 Å². The van der Waals surface area contributed by atoms with E-state index in [2.05, 4.69) is 13.8 Å². The normalized spacial score (nSPS) is 55.6. The average molecular weight is 521 g/mol. The van der Waals surface area contributed by atoms with Crippen LogP contribution in [0.2, 0.25) is 0 Å². The summed E-state index contributed by atoms with van der Waals surface area (Å²) >= 11 is 0. The minimum Gasteiger partial charge on any atom is -0.458 e. The van der Waals surface area contributed by atoms with Gasteiger partial charge in [0.25, 0.3) is 0 Å². The van der Waals surface area contributed by atoms with E-state index < -0.39 is 42.7 Å². The molecule has 0 amide bonds. The molecule has 2 heterocycles. The van der Waals surface area contributed by atoms with E-state index in [1.54, 1.807) is 6.08 Å². The second-order valence-corrected chi connectivity index (χ2v) is 13.6. The molecule has 2 aliphatic heterocycles. The fourth-order valence-corrected chi connectivity index (χ4v) is 10.3. The average Bonchev–Trinajstić information content (AvgIpc) is 3.42. The highest BCUT2D eigenvalue weighted by molar-refractivity contribution is 5.85. The Balaban J connectivity index is 1.20. The first kappa shape index (κ1) is 26.2. The molecule has 8 heteroatoms. The second kappa shape index (κ2) is 9.00. The second-order valence-electron chi connectivity index (χ2n) is 13.6. The zero-order chi connectivity index (χ0) is 26.3. The van der Waals surface area contributed by atoms with Crippen LogP contribution in [0.5, 0.6) is 0 Å². The number of hydrogen-bond acceptors (Lipinski definition) is 8. The number of aliphatic hydroxyl groups excluding tert-OH is 4. The van der Waals surface area contributed by atoms with Crippen molar-refractivity contribution in [3.63, 3.8) is 0 Å². The first-order valence-corrected chi connectivity index (χ1v) is 14.4. The highest BCUT2D eigenvalue weighted by atomic mass is 16.5. The van der Waals surface area contributed by atoms with Gasteiger partial charge < -0.3 is 35.0 Å². The first-order chi connectivity index (χ1) is 17.5. The fraction of sp³-hybridized carbons (Fsp3) is 0.897. The molecule has 0 aromatic rings. The molecule has 0 aromatic carbocycles. The fourth-order valence-electron chi connectivity index (χ4n) is 10.3. The zero-order valence-corrected chi connectivity index (χ0v) is 22.1. The summed E-state index contributed by atoms with van der Waals surface area (Å²) in [6.07, 6.45) is 4.76. The highest BCUT2D eigenvalue weighted by Crippen LogP contribution is 2.70. The minimum absolute atomic E-state index is 0.0560. The Morgan fingerprint density at radius 3 is 2.43 bits per heavy atom. The predicted molar refractivity (Wildman–Crippen MR) is 133 cm³/mol. The molecule has 208 valence electrons. The van der Waals surface area contributed by atoms with Crippen molar-refractivity contribution in [2.45, 2.75) is 108 Å². The van der Waals surface area contributed by atoms with Crippen LogP contribution in [0.3, 0.4) is 0 Å². The third-order valence-corrected chi connectivity index (χ3v) is 12.4. The van der Waals surface area contributed by atoms with Crippen LogP contribution >= 0.6 is 0 Å². The molecule has 0 aromatic heterocycles. The Bertz CT molecular complexity index is 950. The van der Waals surface area contributed by atoms with Crippen LogP contribution in [0, 0.1) is 40.4 Å². The molecule has 4 aliphatic carbocycles. The summed E-state index contributed by atoms with van der Waals surface area (Å²) in [5.74, 6) is 1.09. The van der Waals surface area contributed by atoms with Crippen LogP contribution in [-0.2, 0) is 14.3 Å². The molecule has 37 heavy (non-hydrogen) atoms. The molecule has 13 atom stereocenters. The molecule has 5 fully saturated rings. The van der Waals surface area contributed by atoms with Gasteiger partial charge in [-0.1, -0.05) is 13.8 Å². The van der Waals surface area contributed by atoms with Crippen molar-refractivity contribution in [2.75, 3.05) is 13.2 Å². The van der Waals surface area contributed by atoms with Gasteiger partial charge in [-0.2, -0.15) is 0 Å². The van der Waals surface area contributed by atoms with Gasteiger partial charge in [0, 0.05) is 11.5 Å². The summed E-state index contributed by atoms with van der Waals surface area (Å²) in [6, 6.07) is 0. The van der Waals surface area contributed by atoms with Crippen LogP contribution < -0.4 is 0 Å². The minimum atomic E-state index is -1.32. The maximum absolute atomic E-state index is 12.4. The lowest BCUT2D eigenvalue weighted by atomic mass is 9.42. The topological polar surface area (TPSA) is 137 Å². The number of rotatable bonds is 3. The SMILES string of the molecule is C[C@]12CC[C@H](C3O[C@H](CO)[C@@H](O)[C@H](O)[C@H]3O)C[C@H]1CC[C@@H]1[C@@H]2CC[C@]2(C)[C@@H](C3=CC(=O)OC3)CC[C@]12O. The van der Waals surface area contributed by atoms with E-state index in [-0.39, 0.29) is 34.6 Å². The highest BCUT2D eigenvalue weighted by Gasteiger charge is 2.68. The van der Waals surface area contributed by atoms with Crippen molar-refractivity contribution in [3.8, 4) is 0 Å². The molecule has 0 spiro atoms. The Hall–Kier alpha value is -1.03.